The van der Waals surface area contributed by atoms with E-state index in [0.717, 1.165) is 17.4 Å². The molecule has 128 valence electrons. The molecule has 2 aromatic carbocycles. The van der Waals surface area contributed by atoms with Gasteiger partial charge in [0, 0.05) is 0 Å². The van der Waals surface area contributed by atoms with Crippen LogP contribution >= 0.6 is 11.3 Å². The maximum absolute atomic E-state index is 13.7. The van der Waals surface area contributed by atoms with E-state index in [4.69, 9.17) is 4.74 Å². The van der Waals surface area contributed by atoms with E-state index in [1.165, 1.54) is 20.3 Å². The van der Waals surface area contributed by atoms with Gasteiger partial charge in [0.1, 0.15) is 5.82 Å². The molecule has 0 unspecified atom stereocenters. The van der Waals surface area contributed by atoms with Gasteiger partial charge in [0.15, 0.2) is 5.13 Å². The van der Waals surface area contributed by atoms with Crippen molar-refractivity contribution < 1.29 is 23.5 Å². The van der Waals surface area contributed by atoms with Crippen LogP contribution in [-0.2, 0) is 9.47 Å². The van der Waals surface area contributed by atoms with E-state index >= 15 is 0 Å². The zero-order valence-electron chi connectivity index (χ0n) is 13.3. The minimum absolute atomic E-state index is 0.0445. The van der Waals surface area contributed by atoms with Crippen molar-refractivity contribution in [3.05, 3.63) is 53.3 Å². The number of ether oxygens (including phenoxy) is 2. The number of anilines is 2. The Labute approximate surface area is 146 Å². The van der Waals surface area contributed by atoms with Crippen LogP contribution in [0.15, 0.2) is 36.4 Å². The smallest absolute Gasteiger partial charge is 0.340 e. The fraction of sp³-hybridized carbons (Fsp3) is 0.118. The average Bonchev–Trinajstić information content (AvgIpc) is 3.02. The molecule has 0 radical (unpaired) electrons. The van der Waals surface area contributed by atoms with E-state index in [2.05, 4.69) is 15.0 Å². The first-order valence-corrected chi connectivity index (χ1v) is 7.98. The lowest BCUT2D eigenvalue weighted by molar-refractivity contribution is 0.0593. The molecule has 0 aliphatic heterocycles. The Morgan fingerprint density at radius 2 is 1.76 bits per heavy atom. The number of carbonyl (C=O) groups is 2. The quantitative estimate of drug-likeness (QED) is 0.714. The third-order valence-electron chi connectivity index (χ3n) is 3.44. The van der Waals surface area contributed by atoms with E-state index < -0.39 is 17.8 Å². The van der Waals surface area contributed by atoms with Crippen LogP contribution in [0.4, 0.5) is 15.2 Å². The summed E-state index contributed by atoms with van der Waals surface area (Å²) >= 11 is 1.15. The van der Waals surface area contributed by atoms with Crippen LogP contribution in [0.1, 0.15) is 20.7 Å². The standard InChI is InChI=1S/C17H13FN2O4S/c1-23-15(21)10-5-3-4-6-12(10)19-17-20-14-11(16(22)24-2)7-9(18)8-13(14)25-17/h3-8H,1-2H3,(H,19,20). The maximum Gasteiger partial charge on any atom is 0.340 e. The van der Waals surface area contributed by atoms with Gasteiger partial charge in [0.2, 0.25) is 0 Å². The largest absolute Gasteiger partial charge is 0.465 e. The van der Waals surface area contributed by atoms with E-state index in [1.54, 1.807) is 24.3 Å². The number of benzene rings is 2. The Morgan fingerprint density at radius 1 is 1.08 bits per heavy atom. The summed E-state index contributed by atoms with van der Waals surface area (Å²) < 4.78 is 23.6. The van der Waals surface area contributed by atoms with Gasteiger partial charge >= 0.3 is 11.9 Å². The molecule has 0 spiro atoms. The topological polar surface area (TPSA) is 77.5 Å². The highest BCUT2D eigenvalue weighted by molar-refractivity contribution is 7.22. The Kier molecular flexibility index (Phi) is 4.62. The van der Waals surface area contributed by atoms with Crippen molar-refractivity contribution in [2.24, 2.45) is 0 Å². The SMILES string of the molecule is COC(=O)c1ccccc1Nc1nc2c(C(=O)OC)cc(F)cc2s1. The summed E-state index contributed by atoms with van der Waals surface area (Å²) in [5, 5.41) is 3.42. The number of thiazole rings is 1. The summed E-state index contributed by atoms with van der Waals surface area (Å²) in [6.45, 7) is 0. The van der Waals surface area contributed by atoms with Gasteiger partial charge in [-0.2, -0.15) is 0 Å². The van der Waals surface area contributed by atoms with Crippen LogP contribution in [0, 0.1) is 5.82 Å². The van der Waals surface area contributed by atoms with Gasteiger partial charge in [0.05, 0.1) is 41.3 Å². The van der Waals surface area contributed by atoms with Gasteiger partial charge < -0.3 is 14.8 Å². The number of para-hydroxylation sites is 1. The number of halogens is 1. The van der Waals surface area contributed by atoms with Gasteiger partial charge in [-0.05, 0) is 24.3 Å². The fourth-order valence-electron chi connectivity index (χ4n) is 2.31. The molecule has 1 heterocycles. The molecule has 0 atom stereocenters. The molecule has 1 N–H and O–H groups in total. The molecule has 0 saturated carbocycles. The molecule has 25 heavy (non-hydrogen) atoms. The number of hydrogen-bond donors (Lipinski definition) is 1. The highest BCUT2D eigenvalue weighted by Crippen LogP contribution is 2.32. The lowest BCUT2D eigenvalue weighted by Crippen LogP contribution is -2.05. The van der Waals surface area contributed by atoms with E-state index in [-0.39, 0.29) is 5.56 Å². The molecule has 0 bridgehead atoms. The minimum atomic E-state index is -0.670. The Morgan fingerprint density at radius 3 is 2.48 bits per heavy atom. The second-order valence-electron chi connectivity index (χ2n) is 4.97. The van der Waals surface area contributed by atoms with Gasteiger partial charge in [-0.3, -0.25) is 0 Å². The summed E-state index contributed by atoms with van der Waals surface area (Å²) in [7, 11) is 2.51. The number of hydrogen-bond acceptors (Lipinski definition) is 7. The molecular weight excluding hydrogens is 347 g/mol. The third kappa shape index (κ3) is 3.29. The van der Waals surface area contributed by atoms with Crippen LogP contribution in [0.3, 0.4) is 0 Å². The van der Waals surface area contributed by atoms with Crippen LogP contribution in [-0.4, -0.2) is 31.1 Å². The first-order chi connectivity index (χ1) is 12.0. The minimum Gasteiger partial charge on any atom is -0.465 e. The van der Waals surface area contributed by atoms with Crippen molar-refractivity contribution in [1.29, 1.82) is 0 Å². The van der Waals surface area contributed by atoms with Crippen molar-refractivity contribution in [2.45, 2.75) is 0 Å². The molecule has 0 saturated heterocycles. The monoisotopic (exact) mass is 360 g/mol. The van der Waals surface area contributed by atoms with E-state index in [0.29, 0.717) is 26.6 Å². The molecule has 0 amide bonds. The predicted molar refractivity (Wildman–Crippen MR) is 92.0 cm³/mol. The van der Waals surface area contributed by atoms with Gasteiger partial charge in [-0.25, -0.2) is 19.0 Å². The molecule has 8 heteroatoms. The summed E-state index contributed by atoms with van der Waals surface area (Å²) in [6.07, 6.45) is 0. The summed E-state index contributed by atoms with van der Waals surface area (Å²) in [4.78, 5) is 28.0. The van der Waals surface area contributed by atoms with E-state index in [9.17, 15) is 14.0 Å². The number of fused-ring (bicyclic) bond motifs is 1. The predicted octanol–water partition coefficient (Wildman–Crippen LogP) is 3.75. The number of esters is 2. The van der Waals surface area contributed by atoms with Gasteiger partial charge in [0.25, 0.3) is 0 Å². The van der Waals surface area contributed by atoms with Crippen LogP contribution in [0.2, 0.25) is 0 Å². The average molecular weight is 360 g/mol. The molecule has 6 nitrogen and oxygen atoms in total. The highest BCUT2D eigenvalue weighted by Gasteiger charge is 2.18. The number of nitrogens with zero attached hydrogens (tertiary/aromatic N) is 1. The van der Waals surface area contributed by atoms with Crippen molar-refractivity contribution in [2.75, 3.05) is 19.5 Å². The maximum atomic E-state index is 13.7. The molecule has 0 fully saturated rings. The summed E-state index contributed by atoms with van der Waals surface area (Å²) in [5.74, 6) is -1.72. The molecule has 0 aliphatic carbocycles. The Balaban J connectivity index is 2.04. The fourth-order valence-corrected chi connectivity index (χ4v) is 3.24. The van der Waals surface area contributed by atoms with Crippen LogP contribution in [0.25, 0.3) is 10.2 Å². The number of nitrogens with one attached hydrogen (secondary N) is 1. The summed E-state index contributed by atoms with van der Waals surface area (Å²) in [6, 6.07) is 9.14. The highest BCUT2D eigenvalue weighted by atomic mass is 32.1. The van der Waals surface area contributed by atoms with Gasteiger partial charge in [-0.15, -0.1) is 0 Å². The second kappa shape index (κ2) is 6.86. The van der Waals surface area contributed by atoms with Crippen molar-refractivity contribution in [3.63, 3.8) is 0 Å². The lowest BCUT2D eigenvalue weighted by Gasteiger charge is -2.07. The first-order valence-electron chi connectivity index (χ1n) is 7.16. The Bertz CT molecular complexity index is 970. The molecule has 1 aromatic heterocycles. The molecule has 3 rings (SSSR count). The van der Waals surface area contributed by atoms with Crippen LogP contribution < -0.4 is 5.32 Å². The third-order valence-corrected chi connectivity index (χ3v) is 4.36. The van der Waals surface area contributed by atoms with Gasteiger partial charge in [-0.1, -0.05) is 23.5 Å². The Hall–Kier alpha value is -3.00. The first kappa shape index (κ1) is 16.8. The number of carbonyl (C=O) groups excluding carboxylic acids is 2. The molecular formula is C17H13FN2O4S. The van der Waals surface area contributed by atoms with Crippen molar-refractivity contribution in [1.82, 2.24) is 4.98 Å². The summed E-state index contributed by atoms with van der Waals surface area (Å²) in [5.41, 5.74) is 1.21. The number of rotatable bonds is 4. The normalized spacial score (nSPS) is 10.5. The zero-order chi connectivity index (χ0) is 18.0. The molecule has 0 aliphatic rings. The number of aromatic nitrogens is 1. The number of methoxy groups -OCH3 is 2. The zero-order valence-corrected chi connectivity index (χ0v) is 14.1. The van der Waals surface area contributed by atoms with Crippen molar-refractivity contribution in [3.8, 4) is 0 Å². The van der Waals surface area contributed by atoms with Crippen molar-refractivity contribution >= 4 is 44.3 Å². The molecule has 3 aromatic rings. The lowest BCUT2D eigenvalue weighted by atomic mass is 10.2. The van der Waals surface area contributed by atoms with E-state index in [1.807, 2.05) is 0 Å². The van der Waals surface area contributed by atoms with Crippen LogP contribution in [0.5, 0.6) is 0 Å². The second-order valence-corrected chi connectivity index (χ2v) is 6.00.